The number of carbonyl (C=O) groups excluding carboxylic acids is 1. The Balaban J connectivity index is 1.81. The Morgan fingerprint density at radius 1 is 1.10 bits per heavy atom. The largest absolute Gasteiger partial charge is 0.272 e. The van der Waals surface area contributed by atoms with E-state index >= 15 is 0 Å². The Morgan fingerprint density at radius 3 is 2.48 bits per heavy atom. The lowest BCUT2D eigenvalue weighted by Gasteiger charge is -2.05. The van der Waals surface area contributed by atoms with Gasteiger partial charge in [-0.25, -0.2) is 10.1 Å². The summed E-state index contributed by atoms with van der Waals surface area (Å²) in [5.74, 6) is -0.541. The van der Waals surface area contributed by atoms with Crippen LogP contribution in [0.1, 0.15) is 34.2 Å². The number of benzene rings is 2. The molecule has 0 fully saturated rings. The number of rotatable bonds is 6. The topological polar surface area (TPSA) is 158 Å². The van der Waals surface area contributed by atoms with E-state index in [0.29, 0.717) is 28.4 Å². The van der Waals surface area contributed by atoms with Crippen LogP contribution in [0.15, 0.2) is 47.6 Å². The summed E-state index contributed by atoms with van der Waals surface area (Å²) in [6, 6.07) is 9.95. The number of aryl methyl sites for hydroxylation is 1. The van der Waals surface area contributed by atoms with Gasteiger partial charge < -0.3 is 0 Å². The highest BCUT2D eigenvalue weighted by molar-refractivity contribution is 6.00. The van der Waals surface area contributed by atoms with Crippen molar-refractivity contribution in [2.45, 2.75) is 20.8 Å². The second kappa shape index (κ2) is 8.49. The molecule has 0 atom stereocenters. The zero-order valence-electron chi connectivity index (χ0n) is 16.8. The van der Waals surface area contributed by atoms with Gasteiger partial charge in [0.15, 0.2) is 0 Å². The van der Waals surface area contributed by atoms with Crippen molar-refractivity contribution >= 4 is 23.0 Å². The number of nitrogens with one attached hydrogen (secondary N) is 1. The first-order valence-electron chi connectivity index (χ1n) is 8.96. The predicted molar refractivity (Wildman–Crippen MR) is 110 cm³/mol. The van der Waals surface area contributed by atoms with Crippen molar-refractivity contribution in [2.24, 2.45) is 5.10 Å². The van der Waals surface area contributed by atoms with Crippen LogP contribution in [0.2, 0.25) is 0 Å². The molecule has 0 aliphatic carbocycles. The van der Waals surface area contributed by atoms with Crippen LogP contribution < -0.4 is 5.43 Å². The highest BCUT2D eigenvalue weighted by atomic mass is 16.6. The molecule has 1 amide bonds. The second-order valence-corrected chi connectivity index (χ2v) is 6.61. The smallest absolute Gasteiger partial charge is 0.267 e. The second-order valence-electron chi connectivity index (χ2n) is 6.61. The summed E-state index contributed by atoms with van der Waals surface area (Å²) in [5.41, 5.74) is 4.59. The molecule has 1 aromatic heterocycles. The fourth-order valence-corrected chi connectivity index (χ4v) is 2.90. The number of hydrazone groups is 1. The van der Waals surface area contributed by atoms with Crippen molar-refractivity contribution in [3.63, 3.8) is 0 Å². The van der Waals surface area contributed by atoms with Crippen LogP contribution >= 0.6 is 0 Å². The van der Waals surface area contributed by atoms with Gasteiger partial charge >= 0.3 is 0 Å². The number of nitro benzene ring substituents is 2. The van der Waals surface area contributed by atoms with Gasteiger partial charge in [-0.1, -0.05) is 11.3 Å². The number of amides is 1. The SMILES string of the molecule is C/C(=N\NC(=O)c1ccc([N+](=O)[O-])c(C)c1)c1nnn(-c2cccc([N+](=O)[O-])c2)c1C. The van der Waals surface area contributed by atoms with Crippen molar-refractivity contribution in [1.82, 2.24) is 20.4 Å². The first kappa shape index (κ1) is 21.2. The zero-order chi connectivity index (χ0) is 22.7. The first-order valence-corrected chi connectivity index (χ1v) is 8.96. The molecule has 2 aromatic carbocycles. The Morgan fingerprint density at radius 2 is 1.84 bits per heavy atom. The highest BCUT2D eigenvalue weighted by Crippen LogP contribution is 2.20. The summed E-state index contributed by atoms with van der Waals surface area (Å²) < 4.78 is 1.43. The molecule has 3 aromatic rings. The summed E-state index contributed by atoms with van der Waals surface area (Å²) >= 11 is 0. The van der Waals surface area contributed by atoms with Gasteiger partial charge in [0.25, 0.3) is 17.3 Å². The third kappa shape index (κ3) is 4.42. The molecule has 0 aliphatic rings. The van der Waals surface area contributed by atoms with Gasteiger partial charge in [0, 0.05) is 29.3 Å². The highest BCUT2D eigenvalue weighted by Gasteiger charge is 2.16. The molecule has 0 spiro atoms. The number of carbonyl (C=O) groups is 1. The molecular formula is C19H17N7O5. The maximum atomic E-state index is 12.3. The van der Waals surface area contributed by atoms with Gasteiger partial charge in [-0.05, 0) is 39.0 Å². The van der Waals surface area contributed by atoms with Gasteiger partial charge in [0.1, 0.15) is 5.69 Å². The molecule has 0 unspecified atom stereocenters. The quantitative estimate of drug-likeness (QED) is 0.362. The number of hydrogen-bond donors (Lipinski definition) is 1. The van der Waals surface area contributed by atoms with Crippen LogP contribution in [0, 0.1) is 34.1 Å². The average molecular weight is 423 g/mol. The van der Waals surface area contributed by atoms with E-state index in [1.807, 2.05) is 0 Å². The van der Waals surface area contributed by atoms with Gasteiger partial charge in [-0.15, -0.1) is 5.10 Å². The van der Waals surface area contributed by atoms with Gasteiger partial charge in [-0.3, -0.25) is 25.0 Å². The molecule has 12 nitrogen and oxygen atoms in total. The zero-order valence-corrected chi connectivity index (χ0v) is 16.8. The summed E-state index contributed by atoms with van der Waals surface area (Å²) in [6.45, 7) is 4.88. The van der Waals surface area contributed by atoms with E-state index in [9.17, 15) is 25.0 Å². The Labute approximate surface area is 175 Å². The minimum Gasteiger partial charge on any atom is -0.267 e. The number of aromatic nitrogens is 3. The van der Waals surface area contributed by atoms with Crippen molar-refractivity contribution in [3.05, 3.63) is 85.2 Å². The van der Waals surface area contributed by atoms with Crippen molar-refractivity contribution in [1.29, 1.82) is 0 Å². The minimum atomic E-state index is -0.541. The molecule has 31 heavy (non-hydrogen) atoms. The number of hydrogen-bond acceptors (Lipinski definition) is 8. The summed E-state index contributed by atoms with van der Waals surface area (Å²) in [5, 5.41) is 34.0. The Kier molecular flexibility index (Phi) is 5.81. The number of nitrogens with zero attached hydrogens (tertiary/aromatic N) is 6. The van der Waals surface area contributed by atoms with Gasteiger partial charge in [-0.2, -0.15) is 5.10 Å². The third-order valence-corrected chi connectivity index (χ3v) is 4.50. The fourth-order valence-electron chi connectivity index (χ4n) is 2.90. The number of non-ortho nitro benzene ring substituents is 1. The normalized spacial score (nSPS) is 11.3. The molecule has 0 radical (unpaired) electrons. The molecule has 1 N–H and O–H groups in total. The van der Waals surface area contributed by atoms with E-state index in [1.165, 1.54) is 35.0 Å². The molecule has 0 bridgehead atoms. The standard InChI is InChI=1S/C19H17N7O5/c1-11-9-14(7-8-17(11)26(30)31)19(27)22-20-12(2)18-13(3)24(23-21-18)15-5-4-6-16(10-15)25(28)29/h4-10H,1-3H3,(H,22,27)/b20-12+. The monoisotopic (exact) mass is 423 g/mol. The van der Waals surface area contributed by atoms with E-state index in [4.69, 9.17) is 0 Å². The van der Waals surface area contributed by atoms with Crippen LogP contribution in [0.4, 0.5) is 11.4 Å². The lowest BCUT2D eigenvalue weighted by atomic mass is 10.1. The fraction of sp³-hybridized carbons (Fsp3) is 0.158. The van der Waals surface area contributed by atoms with E-state index in [2.05, 4.69) is 20.8 Å². The van der Waals surface area contributed by atoms with Gasteiger partial charge in [0.05, 0.1) is 26.9 Å². The Hall–Kier alpha value is -4.48. The predicted octanol–water partition coefficient (Wildman–Crippen LogP) is 2.85. The van der Waals surface area contributed by atoms with E-state index < -0.39 is 15.8 Å². The molecule has 12 heteroatoms. The molecule has 0 saturated carbocycles. The molecule has 1 heterocycles. The average Bonchev–Trinajstić information content (AvgIpc) is 3.12. The van der Waals surface area contributed by atoms with E-state index in [0.717, 1.165) is 0 Å². The summed E-state index contributed by atoms with van der Waals surface area (Å²) in [4.78, 5) is 33.2. The minimum absolute atomic E-state index is 0.0787. The molecule has 158 valence electrons. The molecule has 3 rings (SSSR count). The van der Waals surface area contributed by atoms with Crippen LogP contribution in [0.5, 0.6) is 0 Å². The van der Waals surface area contributed by atoms with E-state index in [1.54, 1.807) is 32.9 Å². The van der Waals surface area contributed by atoms with Crippen molar-refractivity contribution in [2.75, 3.05) is 0 Å². The molecular weight excluding hydrogens is 406 g/mol. The maximum Gasteiger partial charge on any atom is 0.272 e. The molecule has 0 saturated heterocycles. The van der Waals surface area contributed by atoms with E-state index in [-0.39, 0.29) is 16.9 Å². The molecule has 0 aliphatic heterocycles. The third-order valence-electron chi connectivity index (χ3n) is 4.50. The lowest BCUT2D eigenvalue weighted by Crippen LogP contribution is -2.20. The van der Waals surface area contributed by atoms with Crippen LogP contribution in [-0.4, -0.2) is 36.5 Å². The Bertz CT molecular complexity index is 1230. The summed E-state index contributed by atoms with van der Waals surface area (Å²) in [7, 11) is 0. The number of nitro groups is 2. The van der Waals surface area contributed by atoms with Crippen molar-refractivity contribution in [3.8, 4) is 5.69 Å². The van der Waals surface area contributed by atoms with Crippen LogP contribution in [0.3, 0.4) is 0 Å². The van der Waals surface area contributed by atoms with Crippen LogP contribution in [0.25, 0.3) is 5.69 Å². The first-order chi connectivity index (χ1) is 14.7. The maximum absolute atomic E-state index is 12.3. The lowest BCUT2D eigenvalue weighted by molar-refractivity contribution is -0.385. The summed E-state index contributed by atoms with van der Waals surface area (Å²) in [6.07, 6.45) is 0. The van der Waals surface area contributed by atoms with Crippen LogP contribution in [-0.2, 0) is 0 Å². The van der Waals surface area contributed by atoms with Crippen molar-refractivity contribution < 1.29 is 14.6 Å². The van der Waals surface area contributed by atoms with Gasteiger partial charge in [0.2, 0.25) is 0 Å².